The van der Waals surface area contributed by atoms with E-state index in [0.29, 0.717) is 24.3 Å². The van der Waals surface area contributed by atoms with Gasteiger partial charge in [0.1, 0.15) is 0 Å². The molecule has 0 radical (unpaired) electrons. The Bertz CT molecular complexity index is 1340. The van der Waals surface area contributed by atoms with Crippen LogP contribution in [0.4, 0.5) is 24.5 Å². The predicted molar refractivity (Wildman–Crippen MR) is 118 cm³/mol. The molecular formula is C21H18ClF3N4O3S. The van der Waals surface area contributed by atoms with Gasteiger partial charge in [-0.3, -0.25) is 9.10 Å². The second kappa shape index (κ2) is 8.38. The third-order valence-corrected chi connectivity index (χ3v) is 7.46. The van der Waals surface area contributed by atoms with E-state index in [0.717, 1.165) is 12.1 Å². The number of sulfonamides is 1. The summed E-state index contributed by atoms with van der Waals surface area (Å²) in [7, 11) is -3.41. The topological polar surface area (TPSA) is 84.3 Å². The Balaban J connectivity index is 1.61. The lowest BCUT2D eigenvalue weighted by Crippen LogP contribution is -2.25. The fraction of sp³-hybridized carbons (Fsp3) is 0.238. The van der Waals surface area contributed by atoms with Crippen molar-refractivity contribution in [3.05, 3.63) is 70.5 Å². The maximum absolute atomic E-state index is 13.0. The first-order valence-corrected chi connectivity index (χ1v) is 11.8. The molecule has 4 rings (SSSR count). The molecule has 0 saturated carbocycles. The van der Waals surface area contributed by atoms with Crippen LogP contribution in [0.5, 0.6) is 0 Å². The van der Waals surface area contributed by atoms with Crippen LogP contribution in [-0.2, 0) is 16.2 Å². The highest BCUT2D eigenvalue weighted by atomic mass is 35.5. The molecule has 1 fully saturated rings. The van der Waals surface area contributed by atoms with E-state index < -0.39 is 27.7 Å². The SMILES string of the molecule is Cc1c(C(=O)Nc2cc(N3CCCS3(=O)=O)ccc2Cl)cnn1-c1cccc(C(F)(F)F)c1. The number of carbonyl (C=O) groups is 1. The molecule has 1 N–H and O–H groups in total. The average Bonchev–Trinajstić information content (AvgIpc) is 3.30. The summed E-state index contributed by atoms with van der Waals surface area (Å²) in [6.07, 6.45) is -2.77. The lowest BCUT2D eigenvalue weighted by molar-refractivity contribution is -0.137. The number of nitrogens with one attached hydrogen (secondary N) is 1. The Labute approximate surface area is 192 Å². The van der Waals surface area contributed by atoms with E-state index in [1.807, 2.05) is 0 Å². The zero-order valence-electron chi connectivity index (χ0n) is 17.2. The summed E-state index contributed by atoms with van der Waals surface area (Å²) in [4.78, 5) is 12.9. The van der Waals surface area contributed by atoms with Crippen molar-refractivity contribution in [2.24, 2.45) is 0 Å². The number of benzene rings is 2. The van der Waals surface area contributed by atoms with Crippen molar-refractivity contribution in [2.75, 3.05) is 21.9 Å². The van der Waals surface area contributed by atoms with E-state index in [1.165, 1.54) is 39.4 Å². The summed E-state index contributed by atoms with van der Waals surface area (Å²) in [5.41, 5.74) is 0.349. The lowest BCUT2D eigenvalue weighted by atomic mass is 10.2. The van der Waals surface area contributed by atoms with Crippen molar-refractivity contribution in [3.8, 4) is 5.69 Å². The Morgan fingerprint density at radius 3 is 2.58 bits per heavy atom. The first-order chi connectivity index (χ1) is 15.5. The highest BCUT2D eigenvalue weighted by Gasteiger charge is 2.31. The molecule has 1 amide bonds. The van der Waals surface area contributed by atoms with Crippen LogP contribution in [0, 0.1) is 6.92 Å². The van der Waals surface area contributed by atoms with Gasteiger partial charge < -0.3 is 5.32 Å². The number of amides is 1. The Morgan fingerprint density at radius 1 is 1.15 bits per heavy atom. The van der Waals surface area contributed by atoms with E-state index in [4.69, 9.17) is 11.6 Å². The first kappa shape index (κ1) is 23.1. The number of aromatic nitrogens is 2. The van der Waals surface area contributed by atoms with Gasteiger partial charge in [-0.2, -0.15) is 18.3 Å². The van der Waals surface area contributed by atoms with Crippen LogP contribution in [0.2, 0.25) is 5.02 Å². The highest BCUT2D eigenvalue weighted by Crippen LogP contribution is 2.32. The van der Waals surface area contributed by atoms with Crippen molar-refractivity contribution in [3.63, 3.8) is 0 Å². The molecule has 2 heterocycles. The summed E-state index contributed by atoms with van der Waals surface area (Å²) >= 11 is 6.20. The smallest absolute Gasteiger partial charge is 0.320 e. The molecule has 3 aromatic rings. The minimum absolute atomic E-state index is 0.0469. The molecule has 33 heavy (non-hydrogen) atoms. The zero-order chi connectivity index (χ0) is 24.0. The van der Waals surface area contributed by atoms with Crippen LogP contribution < -0.4 is 9.62 Å². The summed E-state index contributed by atoms with van der Waals surface area (Å²) in [5.74, 6) is -0.542. The van der Waals surface area contributed by atoms with Crippen LogP contribution in [0.3, 0.4) is 0 Å². The molecule has 174 valence electrons. The number of hydrogen-bond donors (Lipinski definition) is 1. The number of hydrogen-bond acceptors (Lipinski definition) is 4. The Morgan fingerprint density at radius 2 is 1.91 bits per heavy atom. The molecule has 0 atom stereocenters. The van der Waals surface area contributed by atoms with E-state index in [-0.39, 0.29) is 27.7 Å². The second-order valence-electron chi connectivity index (χ2n) is 7.46. The first-order valence-electron chi connectivity index (χ1n) is 9.81. The van der Waals surface area contributed by atoms with Crippen molar-refractivity contribution in [2.45, 2.75) is 19.5 Å². The number of anilines is 2. The summed E-state index contributed by atoms with van der Waals surface area (Å²) < 4.78 is 66.0. The molecular weight excluding hydrogens is 481 g/mol. The van der Waals surface area contributed by atoms with Gasteiger partial charge in [-0.05, 0) is 49.7 Å². The van der Waals surface area contributed by atoms with Crippen LogP contribution >= 0.6 is 11.6 Å². The maximum atomic E-state index is 13.0. The molecule has 0 aliphatic carbocycles. The summed E-state index contributed by atoms with van der Waals surface area (Å²) in [6, 6.07) is 9.11. The third kappa shape index (κ3) is 4.55. The minimum atomic E-state index is -4.51. The fourth-order valence-corrected chi connectivity index (χ4v) is 5.31. The molecule has 1 aliphatic rings. The van der Waals surface area contributed by atoms with E-state index in [2.05, 4.69) is 10.4 Å². The number of halogens is 4. The van der Waals surface area contributed by atoms with Crippen molar-refractivity contribution in [1.82, 2.24) is 9.78 Å². The van der Waals surface area contributed by atoms with Gasteiger partial charge in [0.2, 0.25) is 10.0 Å². The van der Waals surface area contributed by atoms with Crippen LogP contribution in [0.25, 0.3) is 5.69 Å². The molecule has 2 aromatic carbocycles. The number of alkyl halides is 3. The molecule has 7 nitrogen and oxygen atoms in total. The average molecular weight is 499 g/mol. The molecule has 0 spiro atoms. The van der Waals surface area contributed by atoms with Crippen molar-refractivity contribution >= 4 is 38.9 Å². The molecule has 1 aromatic heterocycles. The summed E-state index contributed by atoms with van der Waals surface area (Å²) in [5, 5.41) is 6.90. The Kier molecular flexibility index (Phi) is 5.87. The number of rotatable bonds is 4. The van der Waals surface area contributed by atoms with Gasteiger partial charge in [0.25, 0.3) is 5.91 Å². The standard InChI is InChI=1S/C21H18ClF3N4O3S/c1-13-17(12-26-29(13)16-5-2-4-14(10-16)21(23,24)25)20(30)27-19-11-15(6-7-18(19)22)28-8-3-9-33(28,31)32/h2,4-7,10-12H,3,8-9H2,1H3,(H,27,30). The quantitative estimate of drug-likeness (QED) is 0.567. The lowest BCUT2D eigenvalue weighted by Gasteiger charge is -2.18. The maximum Gasteiger partial charge on any atom is 0.416 e. The zero-order valence-corrected chi connectivity index (χ0v) is 18.8. The van der Waals surface area contributed by atoms with Gasteiger partial charge in [-0.15, -0.1) is 0 Å². The predicted octanol–water partition coefficient (Wildman–Crippen LogP) is 4.65. The van der Waals surface area contributed by atoms with E-state index >= 15 is 0 Å². The molecule has 12 heteroatoms. The normalized spacial score (nSPS) is 15.6. The van der Waals surface area contributed by atoms with Gasteiger partial charge in [0.05, 0.1) is 50.9 Å². The second-order valence-corrected chi connectivity index (χ2v) is 9.88. The van der Waals surface area contributed by atoms with Gasteiger partial charge in [0.15, 0.2) is 0 Å². The van der Waals surface area contributed by atoms with Gasteiger partial charge in [-0.25, -0.2) is 13.1 Å². The number of nitrogens with zero attached hydrogens (tertiary/aromatic N) is 3. The highest BCUT2D eigenvalue weighted by molar-refractivity contribution is 7.93. The fourth-order valence-electron chi connectivity index (χ4n) is 3.59. The molecule has 1 saturated heterocycles. The molecule has 1 aliphatic heterocycles. The summed E-state index contributed by atoms with van der Waals surface area (Å²) in [6.45, 7) is 1.89. The van der Waals surface area contributed by atoms with E-state index in [9.17, 15) is 26.4 Å². The molecule has 0 unspecified atom stereocenters. The van der Waals surface area contributed by atoms with Crippen LogP contribution in [0.1, 0.15) is 28.0 Å². The van der Waals surface area contributed by atoms with Gasteiger partial charge in [0, 0.05) is 6.54 Å². The third-order valence-electron chi connectivity index (χ3n) is 5.26. The number of carbonyl (C=O) groups excluding carboxylic acids is 1. The Hall–Kier alpha value is -3.05. The van der Waals surface area contributed by atoms with Gasteiger partial charge >= 0.3 is 6.18 Å². The minimum Gasteiger partial charge on any atom is -0.320 e. The van der Waals surface area contributed by atoms with Crippen molar-refractivity contribution < 1.29 is 26.4 Å². The van der Waals surface area contributed by atoms with E-state index in [1.54, 1.807) is 13.0 Å². The molecule has 0 bridgehead atoms. The monoisotopic (exact) mass is 498 g/mol. The van der Waals surface area contributed by atoms with Crippen LogP contribution in [-0.4, -0.2) is 36.4 Å². The van der Waals surface area contributed by atoms with Crippen LogP contribution in [0.15, 0.2) is 48.7 Å². The largest absolute Gasteiger partial charge is 0.416 e. The van der Waals surface area contributed by atoms with Gasteiger partial charge in [-0.1, -0.05) is 17.7 Å². The van der Waals surface area contributed by atoms with Crippen molar-refractivity contribution in [1.29, 1.82) is 0 Å².